The molecular formula is C38H40N8O5. The van der Waals surface area contributed by atoms with Crippen molar-refractivity contribution in [3.8, 4) is 22.8 Å². The van der Waals surface area contributed by atoms with Crippen molar-refractivity contribution in [2.45, 2.75) is 31.0 Å². The van der Waals surface area contributed by atoms with Gasteiger partial charge in [0.25, 0.3) is 0 Å². The fraction of sp³-hybridized carbons (Fsp3) is 0.342. The molecule has 3 fully saturated rings. The maximum absolute atomic E-state index is 12.4. The molecule has 8 rings (SSSR count). The van der Waals surface area contributed by atoms with Crippen LogP contribution in [0.4, 0.5) is 11.5 Å². The normalized spacial score (nSPS) is 17.6. The third kappa shape index (κ3) is 6.23. The van der Waals surface area contributed by atoms with Crippen molar-refractivity contribution in [2.24, 2.45) is 0 Å². The van der Waals surface area contributed by atoms with Crippen molar-refractivity contribution in [2.75, 3.05) is 64.1 Å². The number of hydrogen-bond donors (Lipinski definition) is 1. The van der Waals surface area contributed by atoms with Gasteiger partial charge in [0.1, 0.15) is 29.3 Å². The number of hydrogen-bond acceptors (Lipinski definition) is 12. The largest absolute Gasteiger partial charge is 0.465 e. The van der Waals surface area contributed by atoms with Gasteiger partial charge in [-0.1, -0.05) is 18.2 Å². The molecule has 0 atom stereocenters. The topological polar surface area (TPSA) is 141 Å². The van der Waals surface area contributed by atoms with Crippen LogP contribution in [0.1, 0.15) is 39.6 Å². The van der Waals surface area contributed by atoms with Crippen molar-refractivity contribution in [1.82, 2.24) is 29.5 Å². The zero-order chi connectivity index (χ0) is 35.1. The fourth-order valence-electron chi connectivity index (χ4n) is 7.46. The highest BCUT2D eigenvalue weighted by molar-refractivity contribution is 6.04. The molecule has 3 aliphatic heterocycles. The van der Waals surface area contributed by atoms with Crippen molar-refractivity contribution in [1.29, 1.82) is 0 Å². The lowest BCUT2D eigenvalue weighted by Gasteiger charge is -2.55. The standard InChI is InChI=1S/C38H40N8O5/c1-49-37(47)31-13-10-26(18-32(31)38(48)50-2)44-21-28(22-44)45-19-27(20-45)43-16-14-25(15-17-43)46-36-33(35(39)40-23-41-36)34(42-46)24-8-11-30(12-9-24)51-29-6-4-3-5-7-29/h3-13,18,23,25,27-28H,14-17,19-22H2,1-2H3,(H2,39,40,41). The second-order valence-electron chi connectivity index (χ2n) is 13.3. The Bertz CT molecular complexity index is 2050. The summed E-state index contributed by atoms with van der Waals surface area (Å²) < 4.78 is 17.8. The molecule has 2 N–H and O–H groups in total. The molecule has 51 heavy (non-hydrogen) atoms. The third-order valence-corrected chi connectivity index (χ3v) is 10.4. The number of anilines is 2. The number of benzene rings is 3. The summed E-state index contributed by atoms with van der Waals surface area (Å²) in [6.45, 7) is 5.81. The van der Waals surface area contributed by atoms with Crippen LogP contribution in [-0.2, 0) is 9.47 Å². The molecule has 13 heteroatoms. The summed E-state index contributed by atoms with van der Waals surface area (Å²) in [4.78, 5) is 40.8. The smallest absolute Gasteiger partial charge is 0.338 e. The van der Waals surface area contributed by atoms with E-state index >= 15 is 0 Å². The molecule has 0 spiro atoms. The molecule has 2 aromatic heterocycles. The second kappa shape index (κ2) is 13.6. The molecule has 0 bridgehead atoms. The number of ether oxygens (including phenoxy) is 3. The lowest BCUT2D eigenvalue weighted by Crippen LogP contribution is -2.70. The van der Waals surface area contributed by atoms with Gasteiger partial charge in [-0.05, 0) is 67.4 Å². The van der Waals surface area contributed by atoms with Crippen molar-refractivity contribution >= 4 is 34.5 Å². The van der Waals surface area contributed by atoms with E-state index in [0.717, 1.165) is 91.6 Å². The summed E-state index contributed by atoms with van der Waals surface area (Å²) in [6, 6.07) is 24.0. The van der Waals surface area contributed by atoms with Crippen molar-refractivity contribution in [3.63, 3.8) is 0 Å². The number of fused-ring (bicyclic) bond motifs is 1. The Morgan fingerprint density at radius 2 is 1.41 bits per heavy atom. The van der Waals surface area contributed by atoms with Crippen LogP contribution in [0.5, 0.6) is 11.5 Å². The lowest BCUT2D eigenvalue weighted by molar-refractivity contribution is -0.0160. The Labute approximate surface area is 295 Å². The number of rotatable bonds is 9. The number of para-hydroxylation sites is 1. The highest BCUT2D eigenvalue weighted by Gasteiger charge is 2.42. The molecule has 3 saturated heterocycles. The van der Waals surface area contributed by atoms with Gasteiger partial charge in [-0.15, -0.1) is 0 Å². The molecule has 3 aliphatic rings. The molecule has 5 aromatic rings. The molecule has 3 aromatic carbocycles. The molecular weight excluding hydrogens is 648 g/mol. The van der Waals surface area contributed by atoms with Gasteiger partial charge in [-0.25, -0.2) is 24.2 Å². The number of methoxy groups -OCH3 is 2. The second-order valence-corrected chi connectivity index (χ2v) is 13.3. The van der Waals surface area contributed by atoms with Crippen LogP contribution in [0.2, 0.25) is 0 Å². The molecule has 0 unspecified atom stereocenters. The number of nitrogens with zero attached hydrogens (tertiary/aromatic N) is 7. The maximum atomic E-state index is 12.4. The zero-order valence-corrected chi connectivity index (χ0v) is 28.6. The van der Waals surface area contributed by atoms with Crippen LogP contribution in [0.15, 0.2) is 79.1 Å². The van der Waals surface area contributed by atoms with E-state index in [1.54, 1.807) is 12.1 Å². The Morgan fingerprint density at radius 1 is 0.745 bits per heavy atom. The van der Waals surface area contributed by atoms with Crippen LogP contribution < -0.4 is 15.4 Å². The van der Waals surface area contributed by atoms with Gasteiger partial charge >= 0.3 is 11.9 Å². The minimum absolute atomic E-state index is 0.207. The van der Waals surface area contributed by atoms with E-state index in [0.29, 0.717) is 17.9 Å². The first-order valence-corrected chi connectivity index (χ1v) is 17.3. The monoisotopic (exact) mass is 688 g/mol. The van der Waals surface area contributed by atoms with E-state index in [9.17, 15) is 9.59 Å². The number of carbonyl (C=O) groups is 2. The van der Waals surface area contributed by atoms with Gasteiger partial charge in [-0.3, -0.25) is 9.80 Å². The van der Waals surface area contributed by atoms with E-state index in [-0.39, 0.29) is 17.2 Å². The van der Waals surface area contributed by atoms with Crippen LogP contribution in [0.25, 0.3) is 22.3 Å². The van der Waals surface area contributed by atoms with Gasteiger partial charge < -0.3 is 24.8 Å². The van der Waals surface area contributed by atoms with Crippen molar-refractivity contribution < 1.29 is 23.8 Å². The maximum Gasteiger partial charge on any atom is 0.338 e. The molecule has 0 saturated carbocycles. The number of piperidine rings is 1. The Morgan fingerprint density at radius 3 is 2.12 bits per heavy atom. The summed E-state index contributed by atoms with van der Waals surface area (Å²) in [6.07, 6.45) is 3.47. The van der Waals surface area contributed by atoms with Crippen LogP contribution in [-0.4, -0.2) is 107 Å². The van der Waals surface area contributed by atoms with E-state index in [1.165, 1.54) is 20.5 Å². The van der Waals surface area contributed by atoms with Gasteiger partial charge in [0.05, 0.1) is 36.8 Å². The van der Waals surface area contributed by atoms with E-state index < -0.39 is 11.9 Å². The molecule has 0 radical (unpaired) electrons. The van der Waals surface area contributed by atoms with E-state index in [1.807, 2.05) is 60.7 Å². The SMILES string of the molecule is COC(=O)c1ccc(N2CC(N3CC(N4CCC(n5nc(-c6ccc(Oc7ccccc7)cc6)c6c(N)ncnc65)CC4)C3)C2)cc1C(=O)OC. The Balaban J connectivity index is 0.874. The third-order valence-electron chi connectivity index (χ3n) is 10.4. The number of likely N-dealkylation sites (tertiary alicyclic amines) is 2. The predicted molar refractivity (Wildman–Crippen MR) is 192 cm³/mol. The predicted octanol–water partition coefficient (Wildman–Crippen LogP) is 4.65. The Hall–Kier alpha value is -5.53. The van der Waals surface area contributed by atoms with Gasteiger partial charge in [0.15, 0.2) is 5.65 Å². The molecule has 0 aliphatic carbocycles. The first-order valence-electron chi connectivity index (χ1n) is 17.3. The molecule has 262 valence electrons. The van der Waals surface area contributed by atoms with Gasteiger partial charge in [-0.2, -0.15) is 5.10 Å². The first kappa shape index (κ1) is 32.7. The van der Waals surface area contributed by atoms with Crippen molar-refractivity contribution in [3.05, 3.63) is 90.3 Å². The summed E-state index contributed by atoms with van der Waals surface area (Å²) in [5, 5.41) is 5.88. The summed E-state index contributed by atoms with van der Waals surface area (Å²) in [7, 11) is 2.61. The number of carbonyl (C=O) groups excluding carboxylic acids is 2. The minimum atomic E-state index is -0.558. The van der Waals surface area contributed by atoms with Gasteiger partial charge in [0.2, 0.25) is 0 Å². The first-order chi connectivity index (χ1) is 24.9. The van der Waals surface area contributed by atoms with Crippen LogP contribution in [0.3, 0.4) is 0 Å². The Kier molecular flexibility index (Phi) is 8.74. The zero-order valence-electron chi connectivity index (χ0n) is 28.6. The highest BCUT2D eigenvalue weighted by atomic mass is 16.5. The number of nitrogen functional groups attached to an aromatic ring is 1. The number of esters is 2. The minimum Gasteiger partial charge on any atom is -0.465 e. The highest BCUT2D eigenvalue weighted by Crippen LogP contribution is 2.36. The molecule has 0 amide bonds. The average Bonchev–Trinajstić information content (AvgIpc) is 3.53. The van der Waals surface area contributed by atoms with E-state index in [4.69, 9.17) is 25.0 Å². The summed E-state index contributed by atoms with van der Waals surface area (Å²) in [5.74, 6) is 0.843. The molecule has 13 nitrogen and oxygen atoms in total. The number of nitrogens with two attached hydrogens (primary N) is 1. The van der Waals surface area contributed by atoms with Crippen LogP contribution in [0, 0.1) is 0 Å². The average molecular weight is 689 g/mol. The quantitative estimate of drug-likeness (QED) is 0.216. The summed E-state index contributed by atoms with van der Waals surface area (Å²) in [5.41, 5.74) is 10.2. The van der Waals surface area contributed by atoms with E-state index in [2.05, 4.69) is 29.3 Å². The van der Waals surface area contributed by atoms with Crippen LogP contribution >= 0.6 is 0 Å². The number of aromatic nitrogens is 4. The fourth-order valence-corrected chi connectivity index (χ4v) is 7.46. The van der Waals surface area contributed by atoms with Gasteiger partial charge in [0, 0.05) is 62.6 Å². The lowest BCUT2D eigenvalue weighted by atomic mass is 9.95. The molecule has 5 heterocycles. The summed E-state index contributed by atoms with van der Waals surface area (Å²) >= 11 is 0.